The number of hydrogen-bond acceptors (Lipinski definition) is 3. The van der Waals surface area contributed by atoms with Gasteiger partial charge in [-0.2, -0.15) is 0 Å². The first-order valence-electron chi connectivity index (χ1n) is 8.57. The van der Waals surface area contributed by atoms with Crippen molar-refractivity contribution in [2.45, 2.75) is 20.0 Å². The highest BCUT2D eigenvalue weighted by Crippen LogP contribution is 2.19. The first-order valence-corrected chi connectivity index (χ1v) is 8.57. The van der Waals surface area contributed by atoms with E-state index in [2.05, 4.69) is 12.2 Å². The van der Waals surface area contributed by atoms with Crippen LogP contribution in [0.3, 0.4) is 0 Å². The number of nitrogens with one attached hydrogen (secondary N) is 1. The molecule has 0 bridgehead atoms. The third-order valence-corrected chi connectivity index (χ3v) is 3.89. The molecule has 1 N–H and O–H groups in total. The molecule has 132 valence electrons. The number of benzene rings is 3. The molecule has 0 aliphatic carbocycles. The van der Waals surface area contributed by atoms with Crippen LogP contribution in [0.15, 0.2) is 78.9 Å². The van der Waals surface area contributed by atoms with Crippen molar-refractivity contribution in [3.05, 3.63) is 90.0 Å². The van der Waals surface area contributed by atoms with Crippen LogP contribution in [0, 0.1) is 0 Å². The topological polar surface area (TPSA) is 47.6 Å². The van der Waals surface area contributed by atoms with Gasteiger partial charge < -0.3 is 9.47 Å². The van der Waals surface area contributed by atoms with E-state index in [1.165, 1.54) is 5.56 Å². The Morgan fingerprint density at radius 3 is 2.12 bits per heavy atom. The summed E-state index contributed by atoms with van der Waals surface area (Å²) >= 11 is 0. The third kappa shape index (κ3) is 5.11. The molecular weight excluding hydrogens is 326 g/mol. The summed E-state index contributed by atoms with van der Waals surface area (Å²) in [6.07, 6.45) is 0.441. The Labute approximate surface area is 153 Å². The van der Waals surface area contributed by atoms with Gasteiger partial charge in [0.25, 0.3) is 0 Å². The zero-order valence-electron chi connectivity index (χ0n) is 14.6. The van der Waals surface area contributed by atoms with E-state index in [4.69, 9.17) is 9.47 Å². The van der Waals surface area contributed by atoms with Crippen molar-refractivity contribution in [2.24, 2.45) is 0 Å². The van der Waals surface area contributed by atoms with Crippen molar-refractivity contribution in [1.82, 2.24) is 0 Å². The number of carbonyl (C=O) groups excluding carboxylic acids is 1. The largest absolute Gasteiger partial charge is 0.489 e. The van der Waals surface area contributed by atoms with Crippen LogP contribution in [0.4, 0.5) is 10.5 Å². The minimum absolute atomic E-state index is 0.458. The van der Waals surface area contributed by atoms with Crippen LogP contribution in [0.5, 0.6) is 11.5 Å². The van der Waals surface area contributed by atoms with Gasteiger partial charge in [-0.25, -0.2) is 4.79 Å². The number of carbonyl (C=O) groups is 1. The molecule has 0 radical (unpaired) electrons. The van der Waals surface area contributed by atoms with Crippen LogP contribution in [0.1, 0.15) is 18.1 Å². The van der Waals surface area contributed by atoms with Gasteiger partial charge in [-0.05, 0) is 53.9 Å². The Kier molecular flexibility index (Phi) is 5.88. The van der Waals surface area contributed by atoms with Gasteiger partial charge in [0.15, 0.2) is 0 Å². The second kappa shape index (κ2) is 8.72. The minimum atomic E-state index is -0.521. The zero-order chi connectivity index (χ0) is 18.2. The average molecular weight is 347 g/mol. The monoisotopic (exact) mass is 347 g/mol. The summed E-state index contributed by atoms with van der Waals surface area (Å²) in [4.78, 5) is 12.0. The first-order chi connectivity index (χ1) is 12.7. The SMILES string of the molecule is CCc1ccc(NC(=O)Oc2ccc(OCc3ccccc3)cc2)cc1. The molecule has 0 atom stereocenters. The van der Waals surface area contributed by atoms with Crippen LogP contribution >= 0.6 is 0 Å². The Balaban J connectivity index is 1.50. The minimum Gasteiger partial charge on any atom is -0.489 e. The lowest BCUT2D eigenvalue weighted by molar-refractivity contribution is 0.215. The van der Waals surface area contributed by atoms with Gasteiger partial charge in [0.1, 0.15) is 18.1 Å². The number of ether oxygens (including phenoxy) is 2. The molecule has 0 fully saturated rings. The molecule has 0 saturated heterocycles. The molecule has 0 unspecified atom stereocenters. The highest BCUT2D eigenvalue weighted by atomic mass is 16.6. The molecule has 4 heteroatoms. The average Bonchev–Trinajstić information content (AvgIpc) is 2.69. The molecule has 26 heavy (non-hydrogen) atoms. The maximum Gasteiger partial charge on any atom is 0.417 e. The van der Waals surface area contributed by atoms with Gasteiger partial charge in [0.2, 0.25) is 0 Å². The highest BCUT2D eigenvalue weighted by molar-refractivity contribution is 5.86. The van der Waals surface area contributed by atoms with E-state index in [-0.39, 0.29) is 0 Å². The Morgan fingerprint density at radius 2 is 1.46 bits per heavy atom. The van der Waals surface area contributed by atoms with E-state index >= 15 is 0 Å². The molecule has 3 aromatic carbocycles. The molecule has 0 spiro atoms. The predicted molar refractivity (Wildman–Crippen MR) is 103 cm³/mol. The summed E-state index contributed by atoms with van der Waals surface area (Å²) in [6, 6.07) is 24.6. The maximum absolute atomic E-state index is 12.0. The van der Waals surface area contributed by atoms with E-state index in [9.17, 15) is 4.79 Å². The standard InChI is InChI=1S/C22H21NO3/c1-2-17-8-10-19(11-9-17)23-22(24)26-21-14-12-20(13-15-21)25-16-18-6-4-3-5-7-18/h3-15H,2,16H2,1H3,(H,23,24). The molecule has 1 amide bonds. The van der Waals surface area contributed by atoms with Gasteiger partial charge in [0.05, 0.1) is 0 Å². The lowest BCUT2D eigenvalue weighted by Gasteiger charge is -2.09. The Hall–Kier alpha value is -3.27. The van der Waals surface area contributed by atoms with Crippen molar-refractivity contribution in [2.75, 3.05) is 5.32 Å². The van der Waals surface area contributed by atoms with Crippen molar-refractivity contribution in [1.29, 1.82) is 0 Å². The summed E-state index contributed by atoms with van der Waals surface area (Å²) in [5.41, 5.74) is 3.02. The van der Waals surface area contributed by atoms with E-state index in [0.717, 1.165) is 17.7 Å². The Bertz CT molecular complexity index is 828. The molecule has 0 aliphatic rings. The zero-order valence-corrected chi connectivity index (χ0v) is 14.6. The van der Waals surface area contributed by atoms with Crippen molar-refractivity contribution in [3.63, 3.8) is 0 Å². The van der Waals surface area contributed by atoms with Gasteiger partial charge in [0, 0.05) is 5.69 Å². The van der Waals surface area contributed by atoms with E-state index in [1.54, 1.807) is 24.3 Å². The molecule has 0 aliphatic heterocycles. The number of amides is 1. The van der Waals surface area contributed by atoms with Crippen LogP contribution in [0.25, 0.3) is 0 Å². The molecule has 0 aromatic heterocycles. The van der Waals surface area contributed by atoms with Gasteiger partial charge in [-0.15, -0.1) is 0 Å². The molecule has 3 rings (SSSR count). The third-order valence-electron chi connectivity index (χ3n) is 3.89. The summed E-state index contributed by atoms with van der Waals surface area (Å²) < 4.78 is 11.0. The van der Waals surface area contributed by atoms with Gasteiger partial charge >= 0.3 is 6.09 Å². The molecule has 0 heterocycles. The quantitative estimate of drug-likeness (QED) is 0.646. The number of anilines is 1. The number of aryl methyl sites for hydroxylation is 1. The Morgan fingerprint density at radius 1 is 0.808 bits per heavy atom. The lowest BCUT2D eigenvalue weighted by atomic mass is 10.1. The molecular formula is C22H21NO3. The molecule has 4 nitrogen and oxygen atoms in total. The molecule has 0 saturated carbocycles. The summed E-state index contributed by atoms with van der Waals surface area (Å²) in [7, 11) is 0. The fraction of sp³-hybridized carbons (Fsp3) is 0.136. The second-order valence-electron chi connectivity index (χ2n) is 5.81. The fourth-order valence-corrected chi connectivity index (χ4v) is 2.42. The van der Waals surface area contributed by atoms with Crippen LogP contribution in [-0.2, 0) is 13.0 Å². The normalized spacial score (nSPS) is 10.2. The second-order valence-corrected chi connectivity index (χ2v) is 5.81. The fourth-order valence-electron chi connectivity index (χ4n) is 2.42. The maximum atomic E-state index is 12.0. The van der Waals surface area contributed by atoms with Crippen molar-refractivity contribution in [3.8, 4) is 11.5 Å². The smallest absolute Gasteiger partial charge is 0.417 e. The van der Waals surface area contributed by atoms with Crippen LogP contribution in [-0.4, -0.2) is 6.09 Å². The van der Waals surface area contributed by atoms with E-state index in [1.807, 2.05) is 54.6 Å². The summed E-state index contributed by atoms with van der Waals surface area (Å²) in [6.45, 7) is 2.58. The van der Waals surface area contributed by atoms with Crippen LogP contribution in [0.2, 0.25) is 0 Å². The van der Waals surface area contributed by atoms with E-state index < -0.39 is 6.09 Å². The van der Waals surface area contributed by atoms with Gasteiger partial charge in [-0.3, -0.25) is 5.32 Å². The molecule has 3 aromatic rings. The number of rotatable bonds is 6. The van der Waals surface area contributed by atoms with Gasteiger partial charge in [-0.1, -0.05) is 49.4 Å². The van der Waals surface area contributed by atoms with E-state index in [0.29, 0.717) is 18.0 Å². The highest BCUT2D eigenvalue weighted by Gasteiger charge is 2.05. The van der Waals surface area contributed by atoms with Crippen molar-refractivity contribution >= 4 is 11.8 Å². The summed E-state index contributed by atoms with van der Waals surface area (Å²) in [5.74, 6) is 1.18. The lowest BCUT2D eigenvalue weighted by Crippen LogP contribution is -2.16. The summed E-state index contributed by atoms with van der Waals surface area (Å²) in [5, 5.41) is 2.71. The van der Waals surface area contributed by atoms with Crippen LogP contribution < -0.4 is 14.8 Å². The van der Waals surface area contributed by atoms with Crippen molar-refractivity contribution < 1.29 is 14.3 Å². The first kappa shape index (κ1) is 17.5. The number of hydrogen-bond donors (Lipinski definition) is 1. The predicted octanol–water partition coefficient (Wildman–Crippen LogP) is 5.44.